The number of aliphatic carboxylic acids is 2. The van der Waals surface area contributed by atoms with E-state index in [1.165, 1.54) is 21.6 Å². The van der Waals surface area contributed by atoms with Crippen molar-refractivity contribution in [2.24, 2.45) is 0 Å². The summed E-state index contributed by atoms with van der Waals surface area (Å²) in [4.78, 5) is 33.2. The number of hydrogen-bond acceptors (Lipinski definition) is 6. The first-order valence-corrected chi connectivity index (χ1v) is 7.96. The number of rotatable bonds is 7. The summed E-state index contributed by atoms with van der Waals surface area (Å²) in [6.45, 7) is 0. The monoisotopic (exact) mass is 331 g/mol. The molecule has 0 aliphatic heterocycles. The second-order valence-corrected chi connectivity index (χ2v) is 6.13. The zero-order valence-corrected chi connectivity index (χ0v) is 12.6. The fourth-order valence-electron chi connectivity index (χ4n) is 1.20. The van der Waals surface area contributed by atoms with Gasteiger partial charge in [0.15, 0.2) is 0 Å². The van der Waals surface area contributed by atoms with Crippen molar-refractivity contribution in [1.29, 1.82) is 0 Å². The minimum Gasteiger partial charge on any atom is -0.497 e. The van der Waals surface area contributed by atoms with E-state index in [-0.39, 0.29) is 5.75 Å². The maximum atomic E-state index is 11.0. The lowest BCUT2D eigenvalue weighted by Crippen LogP contribution is -2.45. The molecule has 1 aromatic carbocycles. The number of carboxylic acid groups (broad SMARTS) is 2. The molecule has 7 nitrogen and oxygen atoms in total. The van der Waals surface area contributed by atoms with Gasteiger partial charge in [-0.05, 0) is 24.3 Å². The quantitative estimate of drug-likeness (QED) is 0.503. The average molecular weight is 331 g/mol. The van der Waals surface area contributed by atoms with Gasteiger partial charge in [0.1, 0.15) is 11.8 Å². The third kappa shape index (κ3) is 5.96. The molecule has 0 saturated carbocycles. The summed E-state index contributed by atoms with van der Waals surface area (Å²) in [7, 11) is 4.07. The third-order valence-electron chi connectivity index (χ3n) is 2.25. The van der Waals surface area contributed by atoms with Crippen LogP contribution in [0, 0.1) is 0 Å². The van der Waals surface area contributed by atoms with Gasteiger partial charge in [-0.1, -0.05) is 21.6 Å². The maximum Gasteiger partial charge on any atom is 0.394 e. The van der Waals surface area contributed by atoms with Crippen molar-refractivity contribution in [3.8, 4) is 5.75 Å². The minimum absolute atomic E-state index is 0.0328. The molecule has 0 aromatic heterocycles. The van der Waals surface area contributed by atoms with Gasteiger partial charge in [0.2, 0.25) is 0 Å². The first kappa shape index (κ1) is 17.2. The Morgan fingerprint density at radius 1 is 1.24 bits per heavy atom. The molecule has 0 aliphatic rings. The molecule has 0 radical (unpaired) electrons. The van der Waals surface area contributed by atoms with Crippen molar-refractivity contribution in [1.82, 2.24) is 5.32 Å². The lowest BCUT2D eigenvalue weighted by Gasteiger charge is -2.12. The molecule has 1 rings (SSSR count). The molecule has 0 spiro atoms. The average Bonchev–Trinajstić information content (AvgIpc) is 2.46. The van der Waals surface area contributed by atoms with Gasteiger partial charge < -0.3 is 20.3 Å². The van der Waals surface area contributed by atoms with E-state index in [0.717, 1.165) is 4.90 Å². The normalized spacial score (nSPS) is 11.5. The predicted molar refractivity (Wildman–Crippen MR) is 78.5 cm³/mol. The van der Waals surface area contributed by atoms with Gasteiger partial charge in [-0.3, -0.25) is 4.79 Å². The summed E-state index contributed by atoms with van der Waals surface area (Å²) in [6, 6.07) is 5.89. The Kier molecular flexibility index (Phi) is 6.89. The molecule has 0 heterocycles. The van der Waals surface area contributed by atoms with Crippen molar-refractivity contribution >= 4 is 39.4 Å². The number of carboxylic acids is 2. The van der Waals surface area contributed by atoms with Crippen LogP contribution in [-0.4, -0.2) is 47.0 Å². The highest BCUT2D eigenvalue weighted by molar-refractivity contribution is 8.76. The summed E-state index contributed by atoms with van der Waals surface area (Å²) in [5.41, 5.74) is 0. The number of benzene rings is 1. The molecule has 1 amide bonds. The van der Waals surface area contributed by atoms with Crippen LogP contribution in [0.2, 0.25) is 0 Å². The fourth-order valence-corrected chi connectivity index (χ4v) is 3.36. The Balaban J connectivity index is 2.47. The minimum atomic E-state index is -1.71. The van der Waals surface area contributed by atoms with Gasteiger partial charge in [0.25, 0.3) is 0 Å². The second kappa shape index (κ2) is 8.42. The molecule has 3 N–H and O–H groups in total. The van der Waals surface area contributed by atoms with Crippen molar-refractivity contribution in [3.05, 3.63) is 24.3 Å². The van der Waals surface area contributed by atoms with E-state index < -0.39 is 23.9 Å². The molecule has 0 saturated heterocycles. The largest absolute Gasteiger partial charge is 0.497 e. The van der Waals surface area contributed by atoms with Gasteiger partial charge >= 0.3 is 17.8 Å². The zero-order chi connectivity index (χ0) is 15.8. The van der Waals surface area contributed by atoms with E-state index in [9.17, 15) is 14.4 Å². The van der Waals surface area contributed by atoms with Crippen LogP contribution in [0.15, 0.2) is 29.2 Å². The molecule has 114 valence electrons. The van der Waals surface area contributed by atoms with Gasteiger partial charge in [-0.2, -0.15) is 0 Å². The number of amides is 1. The highest BCUT2D eigenvalue weighted by atomic mass is 33.1. The summed E-state index contributed by atoms with van der Waals surface area (Å²) in [6.07, 6.45) is 0. The standard InChI is InChI=1S/C12H13NO6S2/c1-19-7-2-4-8(5-3-7)21-20-6-9(11(15)16)13-10(14)12(17)18/h2-5,9H,6H2,1H3,(H,13,14)(H,15,16)(H,17,18)/t9-/m0/s1. The summed E-state index contributed by atoms with van der Waals surface area (Å²) >= 11 is 0. The topological polar surface area (TPSA) is 113 Å². The van der Waals surface area contributed by atoms with Crippen molar-refractivity contribution in [2.45, 2.75) is 10.9 Å². The molecular formula is C12H13NO6S2. The Morgan fingerprint density at radius 2 is 1.86 bits per heavy atom. The predicted octanol–water partition coefficient (Wildman–Crippen LogP) is 1.09. The second-order valence-electron chi connectivity index (χ2n) is 3.71. The van der Waals surface area contributed by atoms with Crippen molar-refractivity contribution in [2.75, 3.05) is 12.9 Å². The third-order valence-corrected chi connectivity index (χ3v) is 4.64. The first-order chi connectivity index (χ1) is 9.93. The summed E-state index contributed by atoms with van der Waals surface area (Å²) < 4.78 is 5.01. The molecule has 21 heavy (non-hydrogen) atoms. The summed E-state index contributed by atoms with van der Waals surface area (Å²) in [5.74, 6) is -3.59. The Bertz CT molecular complexity index is 519. The van der Waals surface area contributed by atoms with Crippen LogP contribution in [0.5, 0.6) is 5.75 Å². The highest BCUT2D eigenvalue weighted by Gasteiger charge is 2.23. The molecule has 9 heteroatoms. The number of hydrogen-bond donors (Lipinski definition) is 3. The smallest absolute Gasteiger partial charge is 0.394 e. The van der Waals surface area contributed by atoms with Crippen LogP contribution in [0.3, 0.4) is 0 Å². The van der Waals surface area contributed by atoms with Crippen molar-refractivity contribution < 1.29 is 29.3 Å². The lowest BCUT2D eigenvalue weighted by molar-refractivity contribution is -0.151. The molecule has 0 unspecified atom stereocenters. The van der Waals surface area contributed by atoms with E-state index >= 15 is 0 Å². The highest BCUT2D eigenvalue weighted by Crippen LogP contribution is 2.32. The summed E-state index contributed by atoms with van der Waals surface area (Å²) in [5, 5.41) is 19.3. The van der Waals surface area contributed by atoms with Crippen LogP contribution in [0.25, 0.3) is 0 Å². The SMILES string of the molecule is COc1ccc(SSC[C@H](NC(=O)C(=O)O)C(=O)O)cc1. The number of methoxy groups -OCH3 is 1. The van der Waals surface area contributed by atoms with E-state index in [1.54, 1.807) is 19.2 Å². The molecule has 0 aliphatic carbocycles. The zero-order valence-electron chi connectivity index (χ0n) is 10.9. The number of carbonyl (C=O) groups excluding carboxylic acids is 1. The Morgan fingerprint density at radius 3 is 2.33 bits per heavy atom. The van der Waals surface area contributed by atoms with Crippen LogP contribution in [0.1, 0.15) is 0 Å². The molecule has 1 atom stereocenters. The fraction of sp³-hybridized carbons (Fsp3) is 0.250. The lowest BCUT2D eigenvalue weighted by atomic mass is 10.3. The Hall–Kier alpha value is -1.87. The number of nitrogens with one attached hydrogen (secondary N) is 1. The molecule has 1 aromatic rings. The van der Waals surface area contributed by atoms with E-state index in [1.807, 2.05) is 17.4 Å². The van der Waals surface area contributed by atoms with Gasteiger partial charge in [0.05, 0.1) is 7.11 Å². The molecule has 0 bridgehead atoms. The van der Waals surface area contributed by atoms with Gasteiger partial charge in [-0.15, -0.1) is 0 Å². The first-order valence-electron chi connectivity index (χ1n) is 5.64. The number of carbonyl (C=O) groups is 3. The van der Waals surface area contributed by atoms with E-state index in [2.05, 4.69) is 0 Å². The Labute approximate surface area is 128 Å². The molecule has 0 fully saturated rings. The van der Waals surface area contributed by atoms with Crippen LogP contribution < -0.4 is 10.1 Å². The van der Waals surface area contributed by atoms with Gasteiger partial charge in [-0.25, -0.2) is 9.59 Å². The van der Waals surface area contributed by atoms with E-state index in [4.69, 9.17) is 14.9 Å². The van der Waals surface area contributed by atoms with Crippen LogP contribution >= 0.6 is 21.6 Å². The van der Waals surface area contributed by atoms with Crippen LogP contribution in [0.4, 0.5) is 0 Å². The maximum absolute atomic E-state index is 11.0. The van der Waals surface area contributed by atoms with Crippen LogP contribution in [-0.2, 0) is 14.4 Å². The van der Waals surface area contributed by atoms with Crippen molar-refractivity contribution in [3.63, 3.8) is 0 Å². The molecular weight excluding hydrogens is 318 g/mol. The van der Waals surface area contributed by atoms with Gasteiger partial charge in [0, 0.05) is 10.6 Å². The van der Waals surface area contributed by atoms with E-state index in [0.29, 0.717) is 5.75 Å². The number of ether oxygens (including phenoxy) is 1.